The maximum absolute atomic E-state index is 11.9. The fourth-order valence-corrected chi connectivity index (χ4v) is 3.23. The number of carbonyl (C=O) groups is 1. The summed E-state index contributed by atoms with van der Waals surface area (Å²) in [6.07, 6.45) is 4.99. The number of rotatable bonds is 5. The van der Waals surface area contributed by atoms with E-state index in [0.717, 1.165) is 31.3 Å². The van der Waals surface area contributed by atoms with Crippen LogP contribution < -0.4 is 16.0 Å². The van der Waals surface area contributed by atoms with E-state index in [-0.39, 0.29) is 29.9 Å². The van der Waals surface area contributed by atoms with Crippen molar-refractivity contribution in [1.29, 1.82) is 0 Å². The Kier molecular flexibility index (Phi) is 8.04. The molecule has 1 fully saturated rings. The first-order valence-corrected chi connectivity index (χ1v) is 8.99. The highest BCUT2D eigenvalue weighted by Crippen LogP contribution is 2.18. The molecule has 26 heavy (non-hydrogen) atoms. The molecule has 0 saturated carbocycles. The molecule has 0 aliphatic carbocycles. The lowest BCUT2D eigenvalue weighted by Crippen LogP contribution is -2.51. The number of guanidine groups is 1. The van der Waals surface area contributed by atoms with E-state index in [9.17, 15) is 4.79 Å². The van der Waals surface area contributed by atoms with Crippen LogP contribution in [0.1, 0.15) is 10.4 Å². The third-order valence-corrected chi connectivity index (χ3v) is 4.72. The first-order valence-electron chi connectivity index (χ1n) is 8.11. The van der Waals surface area contributed by atoms with Crippen LogP contribution >= 0.6 is 35.3 Å². The summed E-state index contributed by atoms with van der Waals surface area (Å²) in [5.41, 5.74) is 6.60. The summed E-state index contributed by atoms with van der Waals surface area (Å²) in [5.74, 6) is 0.369. The van der Waals surface area contributed by atoms with Gasteiger partial charge in [0.15, 0.2) is 11.1 Å². The molecule has 1 saturated heterocycles. The van der Waals surface area contributed by atoms with Gasteiger partial charge in [0, 0.05) is 56.7 Å². The van der Waals surface area contributed by atoms with E-state index >= 15 is 0 Å². The van der Waals surface area contributed by atoms with Gasteiger partial charge in [-0.15, -0.1) is 35.3 Å². The molecule has 2 aromatic heterocycles. The van der Waals surface area contributed by atoms with Crippen molar-refractivity contribution in [2.45, 2.75) is 0 Å². The maximum Gasteiger partial charge on any atom is 0.252 e. The number of nitrogens with one attached hydrogen (secondary N) is 1. The molecule has 0 unspecified atom stereocenters. The van der Waals surface area contributed by atoms with Gasteiger partial charge in [-0.2, -0.15) is 0 Å². The summed E-state index contributed by atoms with van der Waals surface area (Å²) in [6, 6.07) is 3.46. The van der Waals surface area contributed by atoms with Crippen LogP contribution in [0.2, 0.25) is 0 Å². The van der Waals surface area contributed by atoms with E-state index in [2.05, 4.69) is 30.1 Å². The lowest BCUT2D eigenvalue weighted by atomic mass is 10.3. The minimum absolute atomic E-state index is 0. The van der Waals surface area contributed by atoms with Crippen molar-refractivity contribution in [3.63, 3.8) is 0 Å². The van der Waals surface area contributed by atoms with Crippen LogP contribution in [0.4, 0.5) is 5.13 Å². The number of nitrogens with zero attached hydrogens (tertiary/aromatic N) is 5. The van der Waals surface area contributed by atoms with Gasteiger partial charge in [0.05, 0.1) is 12.1 Å². The van der Waals surface area contributed by atoms with Crippen LogP contribution in [0.5, 0.6) is 0 Å². The van der Waals surface area contributed by atoms with Crippen LogP contribution in [-0.2, 0) is 0 Å². The summed E-state index contributed by atoms with van der Waals surface area (Å²) < 4.78 is 0. The monoisotopic (exact) mass is 487 g/mol. The molecule has 1 amide bonds. The molecule has 0 bridgehead atoms. The zero-order valence-corrected chi connectivity index (χ0v) is 17.4. The highest BCUT2D eigenvalue weighted by atomic mass is 127. The van der Waals surface area contributed by atoms with Gasteiger partial charge in [0.25, 0.3) is 5.91 Å². The van der Waals surface area contributed by atoms with Crippen molar-refractivity contribution >= 4 is 52.3 Å². The van der Waals surface area contributed by atoms with Gasteiger partial charge in [-0.1, -0.05) is 0 Å². The summed E-state index contributed by atoms with van der Waals surface area (Å²) in [6.45, 7) is 4.27. The topological polar surface area (TPSA) is 99.7 Å². The van der Waals surface area contributed by atoms with Crippen LogP contribution in [0.3, 0.4) is 0 Å². The standard InChI is InChI=1S/C16H21N7OS.HI/c17-15(20-5-4-19-14(24)13-2-1-3-18-12-13)22-7-9-23(10-8-22)16-21-6-11-25-16;/h1-3,6,11-12H,4-5,7-10H2,(H2,17,20)(H,19,24);1H. The zero-order valence-electron chi connectivity index (χ0n) is 14.2. The minimum Gasteiger partial charge on any atom is -0.370 e. The number of aliphatic imine (C=N–C) groups is 1. The van der Waals surface area contributed by atoms with Crippen molar-refractivity contribution in [3.05, 3.63) is 41.7 Å². The van der Waals surface area contributed by atoms with Crippen LogP contribution in [0, 0.1) is 0 Å². The zero-order chi connectivity index (χ0) is 17.5. The molecule has 3 heterocycles. The number of piperazine rings is 1. The summed E-state index contributed by atoms with van der Waals surface area (Å²) >= 11 is 1.65. The van der Waals surface area contributed by atoms with Crippen molar-refractivity contribution in [2.75, 3.05) is 44.2 Å². The summed E-state index contributed by atoms with van der Waals surface area (Å²) in [7, 11) is 0. The number of hydrogen-bond acceptors (Lipinski definition) is 6. The molecule has 0 radical (unpaired) electrons. The molecule has 3 rings (SSSR count). The SMILES string of the molecule is I.NC(=NCCNC(=O)c1cccnc1)N1CCN(c2nccs2)CC1. The third kappa shape index (κ3) is 5.53. The van der Waals surface area contributed by atoms with E-state index < -0.39 is 0 Å². The number of amides is 1. The van der Waals surface area contributed by atoms with Crippen LogP contribution in [0.25, 0.3) is 0 Å². The Bertz CT molecular complexity index is 703. The van der Waals surface area contributed by atoms with E-state index in [0.29, 0.717) is 24.6 Å². The van der Waals surface area contributed by atoms with E-state index in [4.69, 9.17) is 5.73 Å². The molecule has 0 spiro atoms. The maximum atomic E-state index is 11.9. The Morgan fingerprint density at radius 1 is 1.31 bits per heavy atom. The second kappa shape index (κ2) is 10.3. The molecular weight excluding hydrogens is 465 g/mol. The minimum atomic E-state index is -0.154. The normalized spacial score (nSPS) is 14.7. The van der Waals surface area contributed by atoms with Crippen molar-refractivity contribution < 1.29 is 4.79 Å². The summed E-state index contributed by atoms with van der Waals surface area (Å²) in [4.78, 5) is 28.8. The number of aromatic nitrogens is 2. The molecule has 0 aromatic carbocycles. The molecule has 1 aliphatic heterocycles. The number of halogens is 1. The van der Waals surface area contributed by atoms with Gasteiger partial charge in [-0.3, -0.25) is 14.8 Å². The Balaban J connectivity index is 0.00000243. The third-order valence-electron chi connectivity index (χ3n) is 3.89. The highest BCUT2D eigenvalue weighted by molar-refractivity contribution is 14.0. The first-order chi connectivity index (χ1) is 12.2. The number of nitrogens with two attached hydrogens (primary N) is 1. The highest BCUT2D eigenvalue weighted by Gasteiger charge is 2.19. The van der Waals surface area contributed by atoms with Gasteiger partial charge in [0.2, 0.25) is 0 Å². The lowest BCUT2D eigenvalue weighted by molar-refractivity contribution is 0.0954. The Hall–Kier alpha value is -1.95. The summed E-state index contributed by atoms with van der Waals surface area (Å²) in [5, 5.41) is 5.84. The lowest BCUT2D eigenvalue weighted by Gasteiger charge is -2.35. The number of pyridine rings is 1. The first kappa shape index (κ1) is 20.4. The molecular formula is C16H22IN7OS. The molecule has 1 aliphatic rings. The van der Waals surface area contributed by atoms with Crippen LogP contribution in [0.15, 0.2) is 41.1 Å². The Morgan fingerprint density at radius 2 is 2.12 bits per heavy atom. The van der Waals surface area contributed by atoms with E-state index in [1.807, 2.05) is 11.6 Å². The molecule has 10 heteroatoms. The van der Waals surface area contributed by atoms with Gasteiger partial charge < -0.3 is 20.9 Å². The number of anilines is 1. The van der Waals surface area contributed by atoms with E-state index in [1.54, 1.807) is 29.7 Å². The predicted molar refractivity (Wildman–Crippen MR) is 114 cm³/mol. The van der Waals surface area contributed by atoms with Crippen LogP contribution in [-0.4, -0.2) is 66.0 Å². The van der Waals surface area contributed by atoms with Gasteiger partial charge in [-0.05, 0) is 12.1 Å². The van der Waals surface area contributed by atoms with Gasteiger partial charge >= 0.3 is 0 Å². The Labute approximate surface area is 173 Å². The van der Waals surface area contributed by atoms with Gasteiger partial charge in [-0.25, -0.2) is 4.98 Å². The molecule has 8 nitrogen and oxygen atoms in total. The fraction of sp³-hybridized carbons (Fsp3) is 0.375. The largest absolute Gasteiger partial charge is 0.370 e. The number of thiazole rings is 1. The van der Waals surface area contributed by atoms with Crippen molar-refractivity contribution in [2.24, 2.45) is 10.7 Å². The van der Waals surface area contributed by atoms with Crippen molar-refractivity contribution in [1.82, 2.24) is 20.2 Å². The average molecular weight is 487 g/mol. The molecule has 3 N–H and O–H groups in total. The molecule has 140 valence electrons. The smallest absolute Gasteiger partial charge is 0.252 e. The van der Waals surface area contributed by atoms with Crippen molar-refractivity contribution in [3.8, 4) is 0 Å². The van der Waals surface area contributed by atoms with E-state index in [1.165, 1.54) is 6.20 Å². The quantitative estimate of drug-likeness (QED) is 0.283. The number of hydrogen-bond donors (Lipinski definition) is 2. The predicted octanol–water partition coefficient (Wildman–Crippen LogP) is 1.02. The molecule has 0 atom stereocenters. The Morgan fingerprint density at radius 3 is 2.77 bits per heavy atom. The second-order valence-corrected chi connectivity index (χ2v) is 6.40. The average Bonchev–Trinajstić information content (AvgIpc) is 3.20. The fourth-order valence-electron chi connectivity index (χ4n) is 2.54. The second-order valence-electron chi connectivity index (χ2n) is 5.53. The number of carbonyl (C=O) groups excluding carboxylic acids is 1. The molecule has 2 aromatic rings. The van der Waals surface area contributed by atoms with Gasteiger partial charge in [0.1, 0.15) is 0 Å².